The van der Waals surface area contributed by atoms with E-state index in [1.54, 1.807) is 0 Å². The summed E-state index contributed by atoms with van der Waals surface area (Å²) >= 11 is 0. The summed E-state index contributed by atoms with van der Waals surface area (Å²) in [5.74, 6) is 0.449. The highest BCUT2D eigenvalue weighted by molar-refractivity contribution is 5.78. The topological polar surface area (TPSA) is 35.6 Å². The van der Waals surface area contributed by atoms with Gasteiger partial charge in [0.05, 0.1) is 0 Å². The number of likely N-dealkylation sites (tertiary alicyclic amines) is 1. The van der Waals surface area contributed by atoms with E-state index in [0.29, 0.717) is 0 Å². The van der Waals surface area contributed by atoms with Crippen molar-refractivity contribution in [3.63, 3.8) is 0 Å². The summed E-state index contributed by atoms with van der Waals surface area (Å²) in [5.41, 5.74) is 1.36. The van der Waals surface area contributed by atoms with E-state index in [2.05, 4.69) is 59.5 Å². The molecule has 2 rings (SSSR count). The molecule has 1 saturated heterocycles. The molecule has 4 heteroatoms. The van der Waals surface area contributed by atoms with E-state index in [1.807, 2.05) is 0 Å². The van der Waals surface area contributed by atoms with Crippen molar-refractivity contribution >= 4 is 5.91 Å². The SMILES string of the molecule is CN(C)CCCNC(=O)C1CCN(Cc2ccccc2)CC1. The Morgan fingerprint density at radius 1 is 1.23 bits per heavy atom. The van der Waals surface area contributed by atoms with Gasteiger partial charge in [-0.25, -0.2) is 0 Å². The molecule has 0 saturated carbocycles. The smallest absolute Gasteiger partial charge is 0.223 e. The van der Waals surface area contributed by atoms with Gasteiger partial charge in [-0.3, -0.25) is 9.69 Å². The first-order chi connectivity index (χ1) is 10.6. The number of hydrogen-bond donors (Lipinski definition) is 1. The van der Waals surface area contributed by atoms with Gasteiger partial charge < -0.3 is 10.2 Å². The van der Waals surface area contributed by atoms with E-state index in [4.69, 9.17) is 0 Å². The Labute approximate surface area is 134 Å². The molecule has 0 radical (unpaired) electrons. The van der Waals surface area contributed by atoms with Crippen LogP contribution in [0.5, 0.6) is 0 Å². The molecule has 122 valence electrons. The first-order valence-electron chi connectivity index (χ1n) is 8.34. The van der Waals surface area contributed by atoms with Gasteiger partial charge in [0.2, 0.25) is 5.91 Å². The first-order valence-corrected chi connectivity index (χ1v) is 8.34. The van der Waals surface area contributed by atoms with Crippen LogP contribution in [0.3, 0.4) is 0 Å². The molecule has 4 nitrogen and oxygen atoms in total. The maximum Gasteiger partial charge on any atom is 0.223 e. The minimum Gasteiger partial charge on any atom is -0.356 e. The van der Waals surface area contributed by atoms with Gasteiger partial charge in [0.15, 0.2) is 0 Å². The Morgan fingerprint density at radius 2 is 1.91 bits per heavy atom. The molecule has 0 atom stereocenters. The Balaban J connectivity index is 1.65. The standard InChI is InChI=1S/C18H29N3O/c1-20(2)12-6-11-19-18(22)17-9-13-21(14-10-17)15-16-7-4-3-5-8-16/h3-5,7-8,17H,6,9-15H2,1-2H3,(H,19,22). The molecule has 1 aromatic rings. The zero-order chi connectivity index (χ0) is 15.8. The summed E-state index contributed by atoms with van der Waals surface area (Å²) in [5, 5.41) is 3.09. The van der Waals surface area contributed by atoms with Gasteiger partial charge in [-0.05, 0) is 58.6 Å². The number of carbonyl (C=O) groups is 1. The molecular weight excluding hydrogens is 274 g/mol. The lowest BCUT2D eigenvalue weighted by atomic mass is 9.95. The predicted octanol–water partition coefficient (Wildman–Crippen LogP) is 1.97. The van der Waals surface area contributed by atoms with Crippen LogP contribution in [0.25, 0.3) is 0 Å². The van der Waals surface area contributed by atoms with E-state index in [0.717, 1.165) is 52.0 Å². The third-order valence-corrected chi connectivity index (χ3v) is 4.29. The fourth-order valence-corrected chi connectivity index (χ4v) is 2.95. The molecule has 0 unspecified atom stereocenters. The molecule has 1 aromatic carbocycles. The average molecular weight is 303 g/mol. The number of rotatable bonds is 7. The predicted molar refractivity (Wildman–Crippen MR) is 90.6 cm³/mol. The number of carbonyl (C=O) groups excluding carboxylic acids is 1. The number of nitrogens with zero attached hydrogens (tertiary/aromatic N) is 2. The van der Waals surface area contributed by atoms with Crippen molar-refractivity contribution in [1.82, 2.24) is 15.1 Å². The fourth-order valence-electron chi connectivity index (χ4n) is 2.95. The quantitative estimate of drug-likeness (QED) is 0.782. The lowest BCUT2D eigenvalue weighted by molar-refractivity contribution is -0.126. The number of benzene rings is 1. The summed E-state index contributed by atoms with van der Waals surface area (Å²) in [6, 6.07) is 10.6. The van der Waals surface area contributed by atoms with E-state index < -0.39 is 0 Å². The molecule has 1 N–H and O–H groups in total. The third-order valence-electron chi connectivity index (χ3n) is 4.29. The minimum absolute atomic E-state index is 0.200. The van der Waals surface area contributed by atoms with E-state index in [9.17, 15) is 4.79 Å². The molecule has 0 bridgehead atoms. The van der Waals surface area contributed by atoms with Crippen LogP contribution >= 0.6 is 0 Å². The number of hydrogen-bond acceptors (Lipinski definition) is 3. The van der Waals surface area contributed by atoms with Crippen molar-refractivity contribution in [3.8, 4) is 0 Å². The molecule has 1 fully saturated rings. The minimum atomic E-state index is 0.200. The summed E-state index contributed by atoms with van der Waals surface area (Å²) < 4.78 is 0. The molecular formula is C18H29N3O. The zero-order valence-corrected chi connectivity index (χ0v) is 13.9. The van der Waals surface area contributed by atoms with E-state index in [1.165, 1.54) is 5.56 Å². The highest BCUT2D eigenvalue weighted by atomic mass is 16.1. The maximum atomic E-state index is 12.2. The van der Waals surface area contributed by atoms with Crippen LogP contribution in [0.1, 0.15) is 24.8 Å². The second-order valence-electron chi connectivity index (χ2n) is 6.48. The van der Waals surface area contributed by atoms with Gasteiger partial charge in [-0.1, -0.05) is 30.3 Å². The van der Waals surface area contributed by atoms with Crippen molar-refractivity contribution < 1.29 is 4.79 Å². The van der Waals surface area contributed by atoms with Crippen LogP contribution in [0, 0.1) is 5.92 Å². The lowest BCUT2D eigenvalue weighted by Crippen LogP contribution is -2.40. The first kappa shape index (κ1) is 17.0. The summed E-state index contributed by atoms with van der Waals surface area (Å²) in [6.07, 6.45) is 2.98. The Morgan fingerprint density at radius 3 is 2.55 bits per heavy atom. The van der Waals surface area contributed by atoms with Gasteiger partial charge in [0.25, 0.3) is 0 Å². The monoisotopic (exact) mass is 303 g/mol. The van der Waals surface area contributed by atoms with Crippen LogP contribution in [0.4, 0.5) is 0 Å². The van der Waals surface area contributed by atoms with Crippen LogP contribution in [-0.4, -0.2) is 56.0 Å². The van der Waals surface area contributed by atoms with Crippen molar-refractivity contribution in [1.29, 1.82) is 0 Å². The van der Waals surface area contributed by atoms with E-state index in [-0.39, 0.29) is 11.8 Å². The highest BCUT2D eigenvalue weighted by Gasteiger charge is 2.24. The summed E-state index contributed by atoms with van der Waals surface area (Å²) in [7, 11) is 4.12. The number of piperidine rings is 1. The maximum absolute atomic E-state index is 12.2. The van der Waals surface area contributed by atoms with Gasteiger partial charge in [-0.15, -0.1) is 0 Å². The van der Waals surface area contributed by atoms with Crippen molar-refractivity contribution in [2.45, 2.75) is 25.8 Å². The van der Waals surface area contributed by atoms with Gasteiger partial charge >= 0.3 is 0 Å². The highest BCUT2D eigenvalue weighted by Crippen LogP contribution is 2.19. The van der Waals surface area contributed by atoms with Crippen LogP contribution < -0.4 is 5.32 Å². The van der Waals surface area contributed by atoms with Gasteiger partial charge in [-0.2, -0.15) is 0 Å². The lowest BCUT2D eigenvalue weighted by Gasteiger charge is -2.31. The molecule has 22 heavy (non-hydrogen) atoms. The Kier molecular flexibility index (Phi) is 6.87. The van der Waals surface area contributed by atoms with Crippen LogP contribution in [0.15, 0.2) is 30.3 Å². The average Bonchev–Trinajstić information content (AvgIpc) is 2.53. The number of nitrogens with one attached hydrogen (secondary N) is 1. The van der Waals surface area contributed by atoms with Crippen molar-refractivity contribution in [2.75, 3.05) is 40.3 Å². The van der Waals surface area contributed by atoms with E-state index >= 15 is 0 Å². The van der Waals surface area contributed by atoms with Crippen LogP contribution in [0.2, 0.25) is 0 Å². The largest absolute Gasteiger partial charge is 0.356 e. The second kappa shape index (κ2) is 8.91. The van der Waals surface area contributed by atoms with Crippen molar-refractivity contribution in [3.05, 3.63) is 35.9 Å². The van der Waals surface area contributed by atoms with Crippen LogP contribution in [-0.2, 0) is 11.3 Å². The number of amides is 1. The Bertz CT molecular complexity index is 439. The Hall–Kier alpha value is -1.39. The normalized spacial score (nSPS) is 16.9. The molecule has 1 aliphatic rings. The molecule has 1 amide bonds. The fraction of sp³-hybridized carbons (Fsp3) is 0.611. The zero-order valence-electron chi connectivity index (χ0n) is 13.9. The summed E-state index contributed by atoms with van der Waals surface area (Å²) in [6.45, 7) is 4.85. The third kappa shape index (κ3) is 5.78. The van der Waals surface area contributed by atoms with Gasteiger partial charge in [0, 0.05) is 19.0 Å². The molecule has 0 aromatic heterocycles. The van der Waals surface area contributed by atoms with Gasteiger partial charge in [0.1, 0.15) is 0 Å². The molecule has 0 aliphatic carbocycles. The molecule has 0 spiro atoms. The molecule has 1 aliphatic heterocycles. The van der Waals surface area contributed by atoms with Crippen molar-refractivity contribution in [2.24, 2.45) is 5.92 Å². The molecule has 1 heterocycles. The second-order valence-corrected chi connectivity index (χ2v) is 6.48. The summed E-state index contributed by atoms with van der Waals surface area (Å²) in [4.78, 5) is 16.8.